The minimum atomic E-state index is -3.59. The maximum Gasteiger partial charge on any atom is 0.242 e. The van der Waals surface area contributed by atoms with Crippen molar-refractivity contribution in [2.75, 3.05) is 19.4 Å². The van der Waals surface area contributed by atoms with E-state index in [1.165, 1.54) is 20.2 Å². The molecule has 8 nitrogen and oxygen atoms in total. The third-order valence-corrected chi connectivity index (χ3v) is 6.76. The number of anilines is 1. The van der Waals surface area contributed by atoms with Crippen molar-refractivity contribution in [1.29, 1.82) is 5.26 Å². The van der Waals surface area contributed by atoms with Gasteiger partial charge in [-0.3, -0.25) is 9.48 Å². The third kappa shape index (κ3) is 5.22. The van der Waals surface area contributed by atoms with Crippen LogP contribution in [0.15, 0.2) is 23.1 Å². The van der Waals surface area contributed by atoms with Crippen LogP contribution in [0.25, 0.3) is 0 Å². The molecular weight excluding hydrogens is 390 g/mol. The van der Waals surface area contributed by atoms with E-state index in [1.54, 1.807) is 23.7 Å². The van der Waals surface area contributed by atoms with Gasteiger partial charge in [-0.1, -0.05) is 6.07 Å². The van der Waals surface area contributed by atoms with Gasteiger partial charge in [0.05, 0.1) is 29.6 Å². The van der Waals surface area contributed by atoms with E-state index in [-0.39, 0.29) is 17.2 Å². The van der Waals surface area contributed by atoms with E-state index < -0.39 is 10.0 Å². The van der Waals surface area contributed by atoms with Crippen LogP contribution in [0, 0.1) is 32.1 Å². The first kappa shape index (κ1) is 22.6. The average Bonchev–Trinajstić information content (AvgIpc) is 2.92. The number of carbonyl (C=O) groups is 1. The normalized spacial score (nSPS) is 11.5. The molecule has 9 heteroatoms. The Morgan fingerprint density at radius 1 is 1.28 bits per heavy atom. The summed E-state index contributed by atoms with van der Waals surface area (Å²) in [5.74, 6) is -0.203. The van der Waals surface area contributed by atoms with E-state index in [9.17, 15) is 13.2 Å². The molecule has 0 radical (unpaired) electrons. The van der Waals surface area contributed by atoms with Gasteiger partial charge in [-0.2, -0.15) is 10.4 Å². The zero-order chi connectivity index (χ0) is 21.8. The predicted molar refractivity (Wildman–Crippen MR) is 111 cm³/mol. The molecule has 0 aliphatic rings. The summed E-state index contributed by atoms with van der Waals surface area (Å²) in [7, 11) is -0.642. The minimum absolute atomic E-state index is 0.172. The quantitative estimate of drug-likeness (QED) is 0.710. The van der Waals surface area contributed by atoms with Gasteiger partial charge in [0.25, 0.3) is 0 Å². The van der Waals surface area contributed by atoms with Gasteiger partial charge in [0.2, 0.25) is 15.9 Å². The molecule has 1 N–H and O–H groups in total. The minimum Gasteiger partial charge on any atom is -0.326 e. The lowest BCUT2D eigenvalue weighted by Gasteiger charge is -2.15. The number of aromatic nitrogens is 2. The number of carbonyl (C=O) groups excluding carboxylic acids is 1. The molecule has 2 rings (SSSR count). The molecule has 2 aromatic rings. The summed E-state index contributed by atoms with van der Waals surface area (Å²) in [6.45, 7) is 6.07. The van der Waals surface area contributed by atoms with Gasteiger partial charge in [0, 0.05) is 31.9 Å². The number of hydrogen-bond acceptors (Lipinski definition) is 5. The van der Waals surface area contributed by atoms with Crippen molar-refractivity contribution >= 4 is 21.6 Å². The topological polar surface area (TPSA) is 108 Å². The molecule has 29 heavy (non-hydrogen) atoms. The highest BCUT2D eigenvalue weighted by molar-refractivity contribution is 7.89. The number of hydrogen-bond donors (Lipinski definition) is 1. The maximum atomic E-state index is 12.4. The first-order valence-electron chi connectivity index (χ1n) is 9.30. The fraction of sp³-hybridized carbons (Fsp3) is 0.450. The fourth-order valence-electron chi connectivity index (χ4n) is 3.08. The molecule has 0 unspecified atom stereocenters. The molecule has 0 aliphatic carbocycles. The highest BCUT2D eigenvalue weighted by Gasteiger charge is 2.20. The summed E-state index contributed by atoms with van der Waals surface area (Å²) < 4.78 is 27.8. The van der Waals surface area contributed by atoms with Crippen molar-refractivity contribution in [3.8, 4) is 6.07 Å². The van der Waals surface area contributed by atoms with Crippen LogP contribution in [0.1, 0.15) is 35.4 Å². The van der Waals surface area contributed by atoms with Gasteiger partial charge in [0.1, 0.15) is 0 Å². The highest BCUT2D eigenvalue weighted by Crippen LogP contribution is 2.23. The molecule has 156 valence electrons. The molecule has 0 saturated carbocycles. The summed E-state index contributed by atoms with van der Waals surface area (Å²) in [5, 5.41) is 16.0. The van der Waals surface area contributed by atoms with Crippen LogP contribution in [0.5, 0.6) is 0 Å². The molecule has 0 aliphatic heterocycles. The predicted octanol–water partition coefficient (Wildman–Crippen LogP) is 2.54. The van der Waals surface area contributed by atoms with Gasteiger partial charge in [-0.05, 0) is 50.5 Å². The molecule has 0 fully saturated rings. The Morgan fingerprint density at radius 2 is 1.97 bits per heavy atom. The molecule has 1 aromatic heterocycles. The van der Waals surface area contributed by atoms with Crippen LogP contribution in [-0.2, 0) is 27.8 Å². The Morgan fingerprint density at radius 3 is 2.59 bits per heavy atom. The van der Waals surface area contributed by atoms with Crippen molar-refractivity contribution in [1.82, 2.24) is 14.1 Å². The number of benzene rings is 1. The van der Waals surface area contributed by atoms with E-state index in [4.69, 9.17) is 5.26 Å². The molecule has 0 saturated heterocycles. The van der Waals surface area contributed by atoms with Gasteiger partial charge in [-0.25, -0.2) is 12.7 Å². The summed E-state index contributed by atoms with van der Waals surface area (Å²) in [4.78, 5) is 12.6. The van der Waals surface area contributed by atoms with Gasteiger partial charge in [-0.15, -0.1) is 0 Å². The van der Waals surface area contributed by atoms with Crippen molar-refractivity contribution < 1.29 is 13.2 Å². The molecule has 1 amide bonds. The van der Waals surface area contributed by atoms with Crippen LogP contribution in [-0.4, -0.2) is 42.5 Å². The summed E-state index contributed by atoms with van der Waals surface area (Å²) >= 11 is 0. The summed E-state index contributed by atoms with van der Waals surface area (Å²) in [6, 6.07) is 6.96. The standard InChI is InChI=1S/C20H27N5O3S/c1-14-7-8-17(13-19(14)29(27,28)24(4)5)22-20(26)10-9-18-15(2)23-25(16(18)3)12-6-11-21/h7-8,13H,6,9-10,12H2,1-5H3,(H,22,26). The second kappa shape index (κ2) is 9.20. The number of nitriles is 1. The monoisotopic (exact) mass is 417 g/mol. The number of nitrogens with one attached hydrogen (secondary N) is 1. The van der Waals surface area contributed by atoms with E-state index in [0.717, 1.165) is 21.3 Å². The number of sulfonamides is 1. The number of aryl methyl sites for hydroxylation is 3. The van der Waals surface area contributed by atoms with E-state index in [2.05, 4.69) is 16.5 Å². The lowest BCUT2D eigenvalue weighted by atomic mass is 10.1. The Balaban J connectivity index is 2.09. The maximum absolute atomic E-state index is 12.4. The fourth-order valence-corrected chi connectivity index (χ4v) is 4.23. The lowest BCUT2D eigenvalue weighted by molar-refractivity contribution is -0.116. The Kier molecular flexibility index (Phi) is 7.16. The van der Waals surface area contributed by atoms with Crippen LogP contribution in [0.3, 0.4) is 0 Å². The number of rotatable bonds is 8. The van der Waals surface area contributed by atoms with Crippen molar-refractivity contribution in [3.63, 3.8) is 0 Å². The van der Waals surface area contributed by atoms with Gasteiger partial charge >= 0.3 is 0 Å². The first-order chi connectivity index (χ1) is 13.6. The third-order valence-electron chi connectivity index (χ3n) is 4.80. The largest absolute Gasteiger partial charge is 0.326 e. The summed E-state index contributed by atoms with van der Waals surface area (Å²) in [6.07, 6.45) is 1.15. The second-order valence-electron chi connectivity index (χ2n) is 7.10. The molecule has 0 spiro atoms. The second-order valence-corrected chi connectivity index (χ2v) is 9.22. The molecule has 1 aromatic carbocycles. The van der Waals surface area contributed by atoms with E-state index in [0.29, 0.717) is 30.6 Å². The van der Waals surface area contributed by atoms with Gasteiger partial charge < -0.3 is 5.32 Å². The summed E-state index contributed by atoms with van der Waals surface area (Å²) in [5.41, 5.74) is 3.87. The molecule has 1 heterocycles. The van der Waals surface area contributed by atoms with E-state index >= 15 is 0 Å². The van der Waals surface area contributed by atoms with Crippen LogP contribution in [0.4, 0.5) is 5.69 Å². The number of nitrogens with zero attached hydrogens (tertiary/aromatic N) is 4. The Hall–Kier alpha value is -2.70. The van der Waals surface area contributed by atoms with Crippen LogP contribution >= 0.6 is 0 Å². The SMILES string of the molecule is Cc1ccc(NC(=O)CCc2c(C)nn(CCC#N)c2C)cc1S(=O)(=O)N(C)C. The van der Waals surface area contributed by atoms with Crippen LogP contribution in [0.2, 0.25) is 0 Å². The average molecular weight is 418 g/mol. The van der Waals surface area contributed by atoms with Crippen molar-refractivity contribution in [2.45, 2.75) is 51.5 Å². The van der Waals surface area contributed by atoms with Crippen molar-refractivity contribution in [2.24, 2.45) is 0 Å². The zero-order valence-corrected chi connectivity index (χ0v) is 18.3. The molecule has 0 atom stereocenters. The van der Waals surface area contributed by atoms with E-state index in [1.807, 2.05) is 13.8 Å². The van der Waals surface area contributed by atoms with Crippen LogP contribution < -0.4 is 5.32 Å². The Labute approximate surface area is 172 Å². The smallest absolute Gasteiger partial charge is 0.242 e. The highest BCUT2D eigenvalue weighted by atomic mass is 32.2. The molecule has 0 bridgehead atoms. The van der Waals surface area contributed by atoms with Gasteiger partial charge in [0.15, 0.2) is 0 Å². The Bertz CT molecular complexity index is 1050. The number of amides is 1. The van der Waals surface area contributed by atoms with Crippen molar-refractivity contribution in [3.05, 3.63) is 40.7 Å². The zero-order valence-electron chi connectivity index (χ0n) is 17.5. The first-order valence-corrected chi connectivity index (χ1v) is 10.7. The molecular formula is C20H27N5O3S. The lowest BCUT2D eigenvalue weighted by Crippen LogP contribution is -2.23.